The summed E-state index contributed by atoms with van der Waals surface area (Å²) in [5.41, 5.74) is 4.84. The summed E-state index contributed by atoms with van der Waals surface area (Å²) in [5.74, 6) is 2.24. The third-order valence-corrected chi connectivity index (χ3v) is 5.04. The normalized spacial score (nSPS) is 13.6. The molecule has 1 N–H and O–H groups in total. The molecule has 0 atom stereocenters. The van der Waals surface area contributed by atoms with E-state index in [0.717, 1.165) is 49.7 Å². The molecule has 0 radical (unpaired) electrons. The van der Waals surface area contributed by atoms with E-state index in [1.165, 1.54) is 16.8 Å². The smallest absolute Gasteiger partial charge is 0.257 e. The van der Waals surface area contributed by atoms with Crippen LogP contribution in [0.2, 0.25) is 0 Å². The highest BCUT2D eigenvalue weighted by atomic mass is 16.5. The lowest BCUT2D eigenvalue weighted by Crippen LogP contribution is -2.41. The predicted molar refractivity (Wildman–Crippen MR) is 112 cm³/mol. The maximum Gasteiger partial charge on any atom is 0.257 e. The van der Waals surface area contributed by atoms with E-state index in [1.54, 1.807) is 0 Å². The Morgan fingerprint density at radius 1 is 1.18 bits per heavy atom. The van der Waals surface area contributed by atoms with Crippen molar-refractivity contribution in [1.29, 1.82) is 0 Å². The first-order chi connectivity index (χ1) is 13.8. The molecule has 0 fully saturated rings. The van der Waals surface area contributed by atoms with Gasteiger partial charge in [0.05, 0.1) is 0 Å². The van der Waals surface area contributed by atoms with Gasteiger partial charge in [-0.1, -0.05) is 42.4 Å². The second kappa shape index (κ2) is 8.25. The Balaban J connectivity index is 1.34. The van der Waals surface area contributed by atoms with E-state index in [1.807, 2.05) is 26.1 Å². The molecule has 2 heterocycles. The van der Waals surface area contributed by atoms with Crippen LogP contribution in [-0.4, -0.2) is 36.2 Å². The molecule has 2 aromatic carbocycles. The van der Waals surface area contributed by atoms with Crippen molar-refractivity contribution >= 4 is 11.6 Å². The van der Waals surface area contributed by atoms with Crippen LogP contribution in [0.3, 0.4) is 0 Å². The van der Waals surface area contributed by atoms with Crippen molar-refractivity contribution < 1.29 is 4.52 Å². The molecule has 0 saturated heterocycles. The van der Waals surface area contributed by atoms with Gasteiger partial charge in [-0.3, -0.25) is 4.99 Å². The maximum atomic E-state index is 5.30. The van der Waals surface area contributed by atoms with Gasteiger partial charge in [0.25, 0.3) is 5.89 Å². The summed E-state index contributed by atoms with van der Waals surface area (Å²) in [6, 6.07) is 16.8. The van der Waals surface area contributed by atoms with Gasteiger partial charge in [-0.05, 0) is 42.2 Å². The average molecular weight is 375 g/mol. The number of anilines is 1. The molecule has 0 spiro atoms. The third kappa shape index (κ3) is 3.76. The minimum absolute atomic E-state index is 0.578. The molecular weight excluding hydrogens is 350 g/mol. The first-order valence-electron chi connectivity index (χ1n) is 9.76. The Bertz CT molecular complexity index is 961. The van der Waals surface area contributed by atoms with Crippen molar-refractivity contribution in [3.05, 3.63) is 65.5 Å². The van der Waals surface area contributed by atoms with Gasteiger partial charge >= 0.3 is 0 Å². The van der Waals surface area contributed by atoms with Gasteiger partial charge in [-0.15, -0.1) is 0 Å². The van der Waals surface area contributed by atoms with Crippen LogP contribution in [0.5, 0.6) is 0 Å². The number of benzene rings is 2. The van der Waals surface area contributed by atoms with Crippen molar-refractivity contribution in [2.75, 3.05) is 25.0 Å². The van der Waals surface area contributed by atoms with Crippen molar-refractivity contribution in [2.45, 2.75) is 26.2 Å². The standard InChI is InChI=1S/C22H25N5O/c1-3-20-25-21(28-26-20)18-10-8-16(9-11-18)12-14-24-22(23-2)27-15-13-17-6-4-5-7-19(17)27/h4-11H,3,12-15H2,1-2H3,(H,23,24). The van der Waals surface area contributed by atoms with Crippen LogP contribution in [0.15, 0.2) is 58.0 Å². The van der Waals surface area contributed by atoms with Crippen LogP contribution in [0.1, 0.15) is 23.9 Å². The molecule has 0 unspecified atom stereocenters. The Labute approximate surface area is 165 Å². The fourth-order valence-corrected chi connectivity index (χ4v) is 3.50. The van der Waals surface area contributed by atoms with E-state index in [4.69, 9.17) is 4.52 Å². The van der Waals surface area contributed by atoms with Crippen LogP contribution in [0.25, 0.3) is 11.5 Å². The molecular formula is C22H25N5O. The van der Waals surface area contributed by atoms with Gasteiger partial charge in [-0.25, -0.2) is 0 Å². The maximum absolute atomic E-state index is 5.30. The third-order valence-electron chi connectivity index (χ3n) is 5.04. The van der Waals surface area contributed by atoms with Crippen LogP contribution in [0, 0.1) is 0 Å². The molecule has 4 rings (SSSR count). The number of nitrogens with one attached hydrogen (secondary N) is 1. The zero-order chi connectivity index (χ0) is 19.3. The second-order valence-corrected chi connectivity index (χ2v) is 6.82. The van der Waals surface area contributed by atoms with E-state index in [9.17, 15) is 0 Å². The number of nitrogens with zero attached hydrogens (tertiary/aromatic N) is 4. The largest absolute Gasteiger partial charge is 0.356 e. The number of hydrogen-bond donors (Lipinski definition) is 1. The summed E-state index contributed by atoms with van der Waals surface area (Å²) in [6.07, 6.45) is 2.75. The number of fused-ring (bicyclic) bond motifs is 1. The predicted octanol–water partition coefficient (Wildman–Crippen LogP) is 3.48. The van der Waals surface area contributed by atoms with Crippen LogP contribution < -0.4 is 10.2 Å². The van der Waals surface area contributed by atoms with Crippen LogP contribution >= 0.6 is 0 Å². The zero-order valence-electron chi connectivity index (χ0n) is 16.4. The Morgan fingerprint density at radius 3 is 2.75 bits per heavy atom. The van der Waals surface area contributed by atoms with E-state index < -0.39 is 0 Å². The van der Waals surface area contributed by atoms with Gasteiger partial charge in [-0.2, -0.15) is 4.98 Å². The van der Waals surface area contributed by atoms with Gasteiger partial charge in [0.2, 0.25) is 0 Å². The van der Waals surface area contributed by atoms with Crippen LogP contribution in [-0.2, 0) is 19.3 Å². The first kappa shape index (κ1) is 18.2. The van der Waals surface area contributed by atoms with E-state index in [2.05, 4.69) is 61.7 Å². The molecule has 0 amide bonds. The highest BCUT2D eigenvalue weighted by Crippen LogP contribution is 2.27. The quantitative estimate of drug-likeness (QED) is 0.546. The number of aliphatic imine (C=N–C) groups is 1. The minimum atomic E-state index is 0.578. The molecule has 144 valence electrons. The number of aromatic nitrogens is 2. The molecule has 1 aliphatic rings. The molecule has 0 saturated carbocycles. The Morgan fingerprint density at radius 2 is 2.00 bits per heavy atom. The summed E-state index contributed by atoms with van der Waals surface area (Å²) < 4.78 is 5.30. The molecule has 3 aromatic rings. The molecule has 6 nitrogen and oxygen atoms in total. The van der Waals surface area contributed by atoms with Crippen molar-refractivity contribution in [2.24, 2.45) is 4.99 Å². The lowest BCUT2D eigenvalue weighted by Gasteiger charge is -2.22. The van der Waals surface area contributed by atoms with E-state index in [-0.39, 0.29) is 0 Å². The highest BCUT2D eigenvalue weighted by Gasteiger charge is 2.22. The number of guanidine groups is 1. The van der Waals surface area contributed by atoms with Gasteiger partial charge < -0.3 is 14.7 Å². The van der Waals surface area contributed by atoms with Crippen molar-refractivity contribution in [1.82, 2.24) is 15.5 Å². The number of hydrogen-bond acceptors (Lipinski definition) is 4. The lowest BCUT2D eigenvalue weighted by atomic mass is 10.1. The van der Waals surface area contributed by atoms with Gasteiger partial charge in [0, 0.05) is 37.8 Å². The summed E-state index contributed by atoms with van der Waals surface area (Å²) >= 11 is 0. The van der Waals surface area contributed by atoms with Gasteiger partial charge in [0.15, 0.2) is 11.8 Å². The molecule has 1 aromatic heterocycles. The molecule has 28 heavy (non-hydrogen) atoms. The van der Waals surface area contributed by atoms with Gasteiger partial charge in [0.1, 0.15) is 0 Å². The van der Waals surface area contributed by atoms with E-state index in [0.29, 0.717) is 5.89 Å². The number of para-hydroxylation sites is 1. The van der Waals surface area contributed by atoms with E-state index >= 15 is 0 Å². The van der Waals surface area contributed by atoms with Crippen molar-refractivity contribution in [3.63, 3.8) is 0 Å². The second-order valence-electron chi connectivity index (χ2n) is 6.82. The fourth-order valence-electron chi connectivity index (χ4n) is 3.50. The summed E-state index contributed by atoms with van der Waals surface area (Å²) in [4.78, 5) is 11.1. The van der Waals surface area contributed by atoms with Crippen LogP contribution in [0.4, 0.5) is 5.69 Å². The zero-order valence-corrected chi connectivity index (χ0v) is 16.4. The highest BCUT2D eigenvalue weighted by molar-refractivity contribution is 5.97. The number of aryl methyl sites for hydroxylation is 1. The number of rotatable bonds is 5. The van der Waals surface area contributed by atoms with Crippen molar-refractivity contribution in [3.8, 4) is 11.5 Å². The molecule has 0 bridgehead atoms. The SMILES string of the molecule is CCc1noc(-c2ccc(CCNC(=NC)N3CCc4ccccc43)cc2)n1. The fraction of sp³-hybridized carbons (Fsp3) is 0.318. The molecule has 0 aliphatic carbocycles. The summed E-state index contributed by atoms with van der Waals surface area (Å²) in [6.45, 7) is 3.81. The lowest BCUT2D eigenvalue weighted by molar-refractivity contribution is 0.423. The summed E-state index contributed by atoms with van der Waals surface area (Å²) in [7, 11) is 1.84. The Hall–Kier alpha value is -3.15. The molecule has 6 heteroatoms. The topological polar surface area (TPSA) is 66.6 Å². The minimum Gasteiger partial charge on any atom is -0.356 e. The average Bonchev–Trinajstić information content (AvgIpc) is 3.39. The Kier molecular flexibility index (Phi) is 5.37. The first-order valence-corrected chi connectivity index (χ1v) is 9.76. The molecule has 1 aliphatic heterocycles. The summed E-state index contributed by atoms with van der Waals surface area (Å²) in [5, 5.41) is 7.44. The monoisotopic (exact) mass is 375 g/mol.